The van der Waals surface area contributed by atoms with E-state index >= 15 is 0 Å². The number of esters is 2. The molecule has 0 unspecified atom stereocenters. The number of carbonyl (C=O) groups excluding carboxylic acids is 2. The van der Waals surface area contributed by atoms with E-state index in [1.165, 1.54) is 32.4 Å². The molecule has 0 heterocycles. The van der Waals surface area contributed by atoms with Gasteiger partial charge in [0.2, 0.25) is 0 Å². The SMILES string of the molecule is CCCC[C@@H](C)C[C@@H](/C=C/[C@@H]1C(SCCC/C=C/C(=O)OC)=C(OC(=O)CCC)C[C@H]1O[Si](C)(C)C(C)(C)C)O[Si](C)(C)C(C)(C)C. The lowest BCUT2D eigenvalue weighted by Gasteiger charge is -2.40. The van der Waals surface area contributed by atoms with Gasteiger partial charge in [0.05, 0.1) is 19.3 Å². The summed E-state index contributed by atoms with van der Waals surface area (Å²) in [4.78, 5) is 25.5. The third kappa shape index (κ3) is 15.1. The normalized spacial score (nSPS) is 19.5. The van der Waals surface area contributed by atoms with E-state index in [4.69, 9.17) is 18.3 Å². The van der Waals surface area contributed by atoms with Crippen LogP contribution in [0.25, 0.3) is 0 Å². The molecule has 1 aliphatic rings. The Morgan fingerprint density at radius 3 is 2.17 bits per heavy atom. The Morgan fingerprint density at radius 1 is 0.979 bits per heavy atom. The fourth-order valence-electron chi connectivity index (χ4n) is 4.97. The quantitative estimate of drug-likeness (QED) is 0.0409. The summed E-state index contributed by atoms with van der Waals surface area (Å²) in [5.41, 5.74) is 0. The fourth-order valence-corrected chi connectivity index (χ4v) is 8.84. The van der Waals surface area contributed by atoms with E-state index in [-0.39, 0.29) is 40.1 Å². The van der Waals surface area contributed by atoms with Gasteiger partial charge in [-0.2, -0.15) is 0 Å². The van der Waals surface area contributed by atoms with Crippen LogP contribution < -0.4 is 0 Å². The molecule has 272 valence electrons. The van der Waals surface area contributed by atoms with E-state index < -0.39 is 16.6 Å². The van der Waals surface area contributed by atoms with E-state index in [1.54, 1.807) is 11.8 Å². The van der Waals surface area contributed by atoms with Gasteiger partial charge in [-0.15, -0.1) is 11.8 Å². The van der Waals surface area contributed by atoms with Crippen molar-refractivity contribution in [3.63, 3.8) is 0 Å². The summed E-state index contributed by atoms with van der Waals surface area (Å²) in [6.45, 7) is 29.6. The highest BCUT2D eigenvalue weighted by Crippen LogP contribution is 2.47. The van der Waals surface area contributed by atoms with Crippen molar-refractivity contribution in [2.75, 3.05) is 12.9 Å². The molecule has 1 rings (SSSR count). The van der Waals surface area contributed by atoms with Gasteiger partial charge in [0, 0.05) is 29.7 Å². The minimum absolute atomic E-state index is 0.0117. The number of ether oxygens (including phenoxy) is 2. The standard InChI is InChI=1S/C38H70O6SSi2/c1-15-17-22-29(3)27-30(43-46(11,12)37(4,5)6)24-25-31-32(44-47(13,14)38(7,8)9)28-33(42-35(40)21-16-2)36(31)45-26-20-18-19-23-34(39)41-10/h19,23-25,29-32H,15-18,20-22,26-28H2,1-14H3/b23-19+,25-24+/t29-,30-,31+,32-/m1/s1. The van der Waals surface area contributed by atoms with Gasteiger partial charge in [0.25, 0.3) is 0 Å². The molecule has 0 amide bonds. The zero-order chi connectivity index (χ0) is 36.1. The molecule has 1 aliphatic carbocycles. The van der Waals surface area contributed by atoms with Gasteiger partial charge in [-0.1, -0.05) is 99.8 Å². The van der Waals surface area contributed by atoms with Crippen LogP contribution in [0, 0.1) is 11.8 Å². The van der Waals surface area contributed by atoms with Gasteiger partial charge >= 0.3 is 11.9 Å². The van der Waals surface area contributed by atoms with Crippen molar-refractivity contribution >= 4 is 40.3 Å². The van der Waals surface area contributed by atoms with Crippen LogP contribution >= 0.6 is 11.8 Å². The summed E-state index contributed by atoms with van der Waals surface area (Å²) < 4.78 is 25.0. The first kappa shape index (κ1) is 43.9. The highest BCUT2D eigenvalue weighted by atomic mass is 32.2. The summed E-state index contributed by atoms with van der Waals surface area (Å²) in [7, 11) is -2.78. The van der Waals surface area contributed by atoms with Crippen LogP contribution in [0.4, 0.5) is 0 Å². The molecule has 0 spiro atoms. The average Bonchev–Trinajstić information content (AvgIpc) is 3.25. The third-order valence-electron chi connectivity index (χ3n) is 10.0. The minimum Gasteiger partial charge on any atom is -0.466 e. The van der Waals surface area contributed by atoms with Crippen molar-refractivity contribution in [1.29, 1.82) is 0 Å². The first-order valence-electron chi connectivity index (χ1n) is 18.0. The number of thioether (sulfide) groups is 1. The Morgan fingerprint density at radius 2 is 1.62 bits per heavy atom. The zero-order valence-electron chi connectivity index (χ0n) is 32.5. The lowest BCUT2D eigenvalue weighted by Crippen LogP contribution is -2.45. The topological polar surface area (TPSA) is 71.1 Å². The van der Waals surface area contributed by atoms with Crippen LogP contribution in [0.1, 0.15) is 120 Å². The van der Waals surface area contributed by atoms with Crippen molar-refractivity contribution in [3.05, 3.63) is 35.0 Å². The van der Waals surface area contributed by atoms with Crippen LogP contribution in [0.5, 0.6) is 0 Å². The van der Waals surface area contributed by atoms with E-state index in [2.05, 4.69) is 93.7 Å². The molecule has 0 saturated carbocycles. The van der Waals surface area contributed by atoms with Crippen LogP contribution in [-0.2, 0) is 27.9 Å². The van der Waals surface area contributed by atoms with Crippen LogP contribution in [0.3, 0.4) is 0 Å². The molecule has 6 nitrogen and oxygen atoms in total. The molecule has 0 saturated heterocycles. The van der Waals surface area contributed by atoms with Crippen LogP contribution in [-0.4, -0.2) is 53.6 Å². The molecule has 0 aromatic carbocycles. The summed E-state index contributed by atoms with van der Waals surface area (Å²) in [5.74, 6) is 1.61. The molecule has 47 heavy (non-hydrogen) atoms. The first-order chi connectivity index (χ1) is 21.7. The Hall–Kier alpha value is -1.14. The minimum atomic E-state index is -2.14. The smallest absolute Gasteiger partial charge is 0.330 e. The molecule has 9 heteroatoms. The van der Waals surface area contributed by atoms with E-state index in [0.717, 1.165) is 42.1 Å². The highest BCUT2D eigenvalue weighted by Gasteiger charge is 2.45. The number of hydrogen-bond donors (Lipinski definition) is 0. The lowest BCUT2D eigenvalue weighted by atomic mass is 9.96. The van der Waals surface area contributed by atoms with Gasteiger partial charge in [0.1, 0.15) is 5.76 Å². The zero-order valence-corrected chi connectivity index (χ0v) is 35.4. The molecule has 0 bridgehead atoms. The van der Waals surface area contributed by atoms with Crippen molar-refractivity contribution < 1.29 is 27.9 Å². The summed E-state index contributed by atoms with van der Waals surface area (Å²) in [6.07, 6.45) is 15.9. The Bertz CT molecular complexity index is 1070. The van der Waals surface area contributed by atoms with Crippen molar-refractivity contribution in [1.82, 2.24) is 0 Å². The van der Waals surface area contributed by atoms with Gasteiger partial charge in [-0.25, -0.2) is 4.79 Å². The Labute approximate surface area is 295 Å². The van der Waals surface area contributed by atoms with Gasteiger partial charge in [-0.05, 0) is 73.6 Å². The molecule has 0 fully saturated rings. The fraction of sp³-hybridized carbons (Fsp3) is 0.789. The summed E-state index contributed by atoms with van der Waals surface area (Å²) in [6, 6.07) is 0. The molecular formula is C38H70O6SSi2. The monoisotopic (exact) mass is 710 g/mol. The second kappa shape index (κ2) is 19.9. The van der Waals surface area contributed by atoms with E-state index in [1.807, 2.05) is 13.0 Å². The maximum atomic E-state index is 12.9. The maximum absolute atomic E-state index is 12.9. The Kier molecular flexibility index (Phi) is 18.6. The molecule has 0 N–H and O–H groups in total. The molecule has 0 aliphatic heterocycles. The summed E-state index contributed by atoms with van der Waals surface area (Å²) >= 11 is 1.76. The molecule has 0 aromatic rings. The van der Waals surface area contributed by atoms with E-state index in [9.17, 15) is 9.59 Å². The van der Waals surface area contributed by atoms with Crippen LogP contribution in [0.2, 0.25) is 36.3 Å². The number of hydrogen-bond acceptors (Lipinski definition) is 7. The number of unbranched alkanes of at least 4 members (excludes halogenated alkanes) is 2. The average molecular weight is 711 g/mol. The van der Waals surface area contributed by atoms with Gasteiger partial charge in [-0.3, -0.25) is 4.79 Å². The first-order valence-corrected chi connectivity index (χ1v) is 24.8. The van der Waals surface area contributed by atoms with Crippen molar-refractivity contribution in [2.24, 2.45) is 11.8 Å². The predicted octanol–water partition coefficient (Wildman–Crippen LogP) is 11.4. The molecular weight excluding hydrogens is 641 g/mol. The maximum Gasteiger partial charge on any atom is 0.330 e. The molecule has 0 aromatic heterocycles. The number of carbonyl (C=O) groups is 2. The summed E-state index contributed by atoms with van der Waals surface area (Å²) in [5, 5.41) is 0.155. The number of rotatable bonds is 20. The molecule has 4 atom stereocenters. The second-order valence-corrected chi connectivity index (χ2v) is 27.0. The highest BCUT2D eigenvalue weighted by molar-refractivity contribution is 8.03. The van der Waals surface area contributed by atoms with Gasteiger partial charge < -0.3 is 18.3 Å². The van der Waals surface area contributed by atoms with Crippen LogP contribution in [0.15, 0.2) is 35.0 Å². The van der Waals surface area contributed by atoms with Gasteiger partial charge in [0.15, 0.2) is 16.6 Å². The predicted molar refractivity (Wildman–Crippen MR) is 206 cm³/mol. The number of methoxy groups -OCH3 is 1. The third-order valence-corrected chi connectivity index (χ3v) is 20.3. The Balaban J connectivity index is 3.57. The largest absolute Gasteiger partial charge is 0.466 e. The second-order valence-electron chi connectivity index (χ2n) is 16.4. The van der Waals surface area contributed by atoms with Crippen molar-refractivity contribution in [3.8, 4) is 0 Å². The van der Waals surface area contributed by atoms with Crippen molar-refractivity contribution in [2.45, 2.75) is 169 Å². The number of allylic oxidation sites excluding steroid dienone is 1. The van der Waals surface area contributed by atoms with E-state index in [0.29, 0.717) is 18.8 Å². The molecule has 0 radical (unpaired) electrons. The lowest BCUT2D eigenvalue weighted by molar-refractivity contribution is -0.139.